The van der Waals surface area contributed by atoms with Crippen LogP contribution in [0.15, 0.2) is 12.4 Å². The van der Waals surface area contributed by atoms with Crippen molar-refractivity contribution >= 4 is 17.2 Å². The maximum atomic E-state index is 12.3. The number of amides is 1. The van der Waals surface area contributed by atoms with Crippen LogP contribution in [0.3, 0.4) is 0 Å². The number of aromatic nitrogens is 3. The normalized spacial score (nSPS) is 18.6. The van der Waals surface area contributed by atoms with Crippen LogP contribution in [0.1, 0.15) is 46.6 Å². The zero-order valence-electron chi connectivity index (χ0n) is 12.5. The van der Waals surface area contributed by atoms with Gasteiger partial charge in [0.1, 0.15) is 5.82 Å². The Balaban J connectivity index is 1.34. The number of aromatic amines is 1. The highest BCUT2D eigenvalue weighted by atomic mass is 32.1. The second kappa shape index (κ2) is 5.83. The van der Waals surface area contributed by atoms with Gasteiger partial charge in [0.2, 0.25) is 5.91 Å². The van der Waals surface area contributed by atoms with E-state index in [1.54, 1.807) is 12.4 Å². The quantitative estimate of drug-likeness (QED) is 0.945. The van der Waals surface area contributed by atoms with E-state index in [4.69, 9.17) is 4.98 Å². The maximum Gasteiger partial charge on any atom is 0.230 e. The fourth-order valence-electron chi connectivity index (χ4n) is 3.41. The lowest BCUT2D eigenvalue weighted by Crippen LogP contribution is -2.38. The summed E-state index contributed by atoms with van der Waals surface area (Å²) in [4.78, 5) is 27.7. The summed E-state index contributed by atoms with van der Waals surface area (Å²) in [6, 6.07) is 0. The van der Waals surface area contributed by atoms with Crippen LogP contribution >= 0.6 is 11.3 Å². The van der Waals surface area contributed by atoms with Gasteiger partial charge in [-0.25, -0.2) is 9.97 Å². The molecule has 1 saturated heterocycles. The molecule has 1 amide bonds. The number of piperidine rings is 1. The number of likely N-dealkylation sites (tertiary alicyclic amines) is 1. The fraction of sp³-hybridized carbons (Fsp3) is 0.562. The average Bonchev–Trinajstić information content (AvgIpc) is 3.24. The number of H-pyrrole nitrogens is 1. The van der Waals surface area contributed by atoms with Crippen molar-refractivity contribution in [2.75, 3.05) is 13.1 Å². The van der Waals surface area contributed by atoms with Crippen LogP contribution < -0.4 is 0 Å². The second-order valence-electron chi connectivity index (χ2n) is 6.14. The van der Waals surface area contributed by atoms with Crippen LogP contribution in [0.4, 0.5) is 0 Å². The number of fused-ring (bicyclic) bond motifs is 1. The number of carbonyl (C=O) groups excluding carboxylic acids is 1. The third kappa shape index (κ3) is 2.67. The van der Waals surface area contributed by atoms with E-state index in [0.717, 1.165) is 38.2 Å². The first kappa shape index (κ1) is 13.9. The Kier molecular flexibility index (Phi) is 3.70. The van der Waals surface area contributed by atoms with Gasteiger partial charge in [-0.1, -0.05) is 0 Å². The first-order valence-electron chi connectivity index (χ1n) is 8.04. The first-order valence-corrected chi connectivity index (χ1v) is 8.86. The van der Waals surface area contributed by atoms with E-state index < -0.39 is 0 Å². The van der Waals surface area contributed by atoms with E-state index in [0.29, 0.717) is 12.3 Å². The van der Waals surface area contributed by atoms with E-state index >= 15 is 0 Å². The highest BCUT2D eigenvalue weighted by Gasteiger charge is 2.27. The van der Waals surface area contributed by atoms with Crippen LogP contribution in [-0.2, 0) is 24.1 Å². The van der Waals surface area contributed by atoms with Gasteiger partial charge in [-0.05, 0) is 32.1 Å². The van der Waals surface area contributed by atoms with Gasteiger partial charge in [-0.15, -0.1) is 11.3 Å². The van der Waals surface area contributed by atoms with E-state index in [-0.39, 0.29) is 5.91 Å². The number of thiazole rings is 1. The molecule has 0 bridgehead atoms. The average molecular weight is 316 g/mol. The summed E-state index contributed by atoms with van der Waals surface area (Å²) in [6.45, 7) is 1.68. The molecule has 6 heteroatoms. The van der Waals surface area contributed by atoms with Crippen LogP contribution in [0, 0.1) is 0 Å². The zero-order chi connectivity index (χ0) is 14.9. The van der Waals surface area contributed by atoms with Crippen molar-refractivity contribution in [3.8, 4) is 0 Å². The minimum Gasteiger partial charge on any atom is -0.348 e. The first-order chi connectivity index (χ1) is 10.8. The van der Waals surface area contributed by atoms with Gasteiger partial charge in [-0.3, -0.25) is 4.79 Å². The van der Waals surface area contributed by atoms with Crippen LogP contribution in [0.2, 0.25) is 0 Å². The second-order valence-corrected chi connectivity index (χ2v) is 7.26. The molecule has 5 nitrogen and oxygen atoms in total. The predicted molar refractivity (Wildman–Crippen MR) is 85.0 cm³/mol. The molecule has 0 aromatic carbocycles. The van der Waals surface area contributed by atoms with Crippen molar-refractivity contribution in [1.29, 1.82) is 0 Å². The third-order valence-electron chi connectivity index (χ3n) is 4.68. The van der Waals surface area contributed by atoms with E-state index in [1.807, 2.05) is 16.2 Å². The molecule has 0 spiro atoms. The van der Waals surface area contributed by atoms with Crippen molar-refractivity contribution in [3.05, 3.63) is 33.8 Å². The molecule has 1 N–H and O–H groups in total. The van der Waals surface area contributed by atoms with Gasteiger partial charge in [0.25, 0.3) is 0 Å². The molecule has 116 valence electrons. The summed E-state index contributed by atoms with van der Waals surface area (Å²) < 4.78 is 0. The van der Waals surface area contributed by atoms with Crippen molar-refractivity contribution < 1.29 is 4.79 Å². The lowest BCUT2D eigenvalue weighted by atomic mass is 9.97. The van der Waals surface area contributed by atoms with Gasteiger partial charge in [0, 0.05) is 36.3 Å². The summed E-state index contributed by atoms with van der Waals surface area (Å²) in [5.41, 5.74) is 1.34. The Morgan fingerprint density at radius 1 is 1.36 bits per heavy atom. The van der Waals surface area contributed by atoms with Gasteiger partial charge in [-0.2, -0.15) is 0 Å². The van der Waals surface area contributed by atoms with E-state index in [1.165, 1.54) is 28.4 Å². The zero-order valence-corrected chi connectivity index (χ0v) is 13.4. The molecule has 0 radical (unpaired) electrons. The van der Waals surface area contributed by atoms with Crippen molar-refractivity contribution in [2.24, 2.45) is 0 Å². The minimum atomic E-state index is 0.176. The van der Waals surface area contributed by atoms with Crippen LogP contribution in [0.25, 0.3) is 0 Å². The molecule has 2 aromatic rings. The third-order valence-corrected chi connectivity index (χ3v) is 6.00. The maximum absolute atomic E-state index is 12.3. The molecule has 1 aliphatic carbocycles. The van der Waals surface area contributed by atoms with Gasteiger partial charge in [0.05, 0.1) is 17.1 Å². The highest BCUT2D eigenvalue weighted by Crippen LogP contribution is 2.35. The van der Waals surface area contributed by atoms with Crippen LogP contribution in [0.5, 0.6) is 0 Å². The molecule has 2 aliphatic rings. The molecule has 1 fully saturated rings. The molecule has 22 heavy (non-hydrogen) atoms. The number of carbonyl (C=O) groups is 1. The smallest absolute Gasteiger partial charge is 0.230 e. The van der Waals surface area contributed by atoms with Gasteiger partial charge >= 0.3 is 0 Å². The molecular weight excluding hydrogens is 296 g/mol. The van der Waals surface area contributed by atoms with Crippen LogP contribution in [-0.4, -0.2) is 38.8 Å². The standard InChI is InChI=1S/C16H20N4OS/c21-15(10-14-17-6-7-18-14)20-8-4-11(5-9-20)16-19-12-2-1-3-13(12)22-16/h6-7,11H,1-5,8-10H2,(H,17,18). The Morgan fingerprint density at radius 2 is 2.23 bits per heavy atom. The predicted octanol–water partition coefficient (Wildman–Crippen LogP) is 2.30. The lowest BCUT2D eigenvalue weighted by Gasteiger charge is -2.31. The molecule has 0 unspecified atom stereocenters. The lowest BCUT2D eigenvalue weighted by molar-refractivity contribution is -0.131. The highest BCUT2D eigenvalue weighted by molar-refractivity contribution is 7.11. The Labute approximate surface area is 133 Å². The fourth-order valence-corrected chi connectivity index (χ4v) is 4.73. The molecule has 4 rings (SSSR count). The summed E-state index contributed by atoms with van der Waals surface area (Å²) in [5.74, 6) is 1.47. The molecule has 0 atom stereocenters. The van der Waals surface area contributed by atoms with Gasteiger partial charge in [0.15, 0.2) is 0 Å². The Bertz CT molecular complexity index is 634. The SMILES string of the molecule is O=C(Cc1ncc[nH]1)N1CCC(c2nc3c(s2)CCC3)CC1. The topological polar surface area (TPSA) is 61.9 Å². The number of rotatable bonds is 3. The molecular formula is C16H20N4OS. The number of hydrogen-bond acceptors (Lipinski definition) is 4. The van der Waals surface area contributed by atoms with Crippen molar-refractivity contribution in [2.45, 2.75) is 44.4 Å². The number of nitrogens with zero attached hydrogens (tertiary/aromatic N) is 3. The van der Waals surface area contributed by atoms with Gasteiger partial charge < -0.3 is 9.88 Å². The van der Waals surface area contributed by atoms with E-state index in [9.17, 15) is 4.79 Å². The largest absolute Gasteiger partial charge is 0.348 e. The summed E-state index contributed by atoms with van der Waals surface area (Å²) in [6.07, 6.45) is 9.55. The monoisotopic (exact) mass is 316 g/mol. The summed E-state index contributed by atoms with van der Waals surface area (Å²) in [5, 5.41) is 1.31. The summed E-state index contributed by atoms with van der Waals surface area (Å²) >= 11 is 1.91. The molecule has 1 aliphatic heterocycles. The number of nitrogens with one attached hydrogen (secondary N) is 1. The Hall–Kier alpha value is -1.69. The molecule has 3 heterocycles. The van der Waals surface area contributed by atoms with Crippen molar-refractivity contribution in [1.82, 2.24) is 19.9 Å². The van der Waals surface area contributed by atoms with E-state index in [2.05, 4.69) is 9.97 Å². The summed E-state index contributed by atoms with van der Waals surface area (Å²) in [7, 11) is 0. The molecule has 0 saturated carbocycles. The number of aryl methyl sites for hydroxylation is 2. The number of hydrogen-bond donors (Lipinski definition) is 1. The Morgan fingerprint density at radius 3 is 2.95 bits per heavy atom. The molecule has 2 aromatic heterocycles. The minimum absolute atomic E-state index is 0.176. The number of imidazole rings is 1. The van der Waals surface area contributed by atoms with Crippen molar-refractivity contribution in [3.63, 3.8) is 0 Å².